The average Bonchev–Trinajstić information content (AvgIpc) is 3.54. The zero-order valence-corrected chi connectivity index (χ0v) is 26.7. The summed E-state index contributed by atoms with van der Waals surface area (Å²) in [7, 11) is -0.530. The molecule has 46 heavy (non-hydrogen) atoms. The van der Waals surface area contributed by atoms with Gasteiger partial charge in [0.15, 0.2) is 0 Å². The van der Waals surface area contributed by atoms with Crippen molar-refractivity contribution in [3.63, 3.8) is 0 Å². The number of hydrogen-bond donors (Lipinski definition) is 0. The third kappa shape index (κ3) is 4.68. The van der Waals surface area contributed by atoms with Crippen molar-refractivity contribution in [2.45, 2.75) is 38.9 Å². The molecule has 3 nitrogen and oxygen atoms in total. The molecule has 0 atom stereocenters. The van der Waals surface area contributed by atoms with Gasteiger partial charge in [-0.25, -0.2) is 0 Å². The molecule has 1 saturated heterocycles. The van der Waals surface area contributed by atoms with Gasteiger partial charge < -0.3 is 13.9 Å². The minimum atomic E-state index is -0.530. The van der Waals surface area contributed by atoms with Crippen molar-refractivity contribution in [2.24, 2.45) is 0 Å². The Labute approximate surface area is 271 Å². The fraction of sp³-hybridized carbons (Fsp3) is 0.143. The molecule has 0 unspecified atom stereocenters. The molecule has 0 saturated carbocycles. The molecule has 1 aromatic heterocycles. The van der Waals surface area contributed by atoms with Crippen molar-refractivity contribution >= 4 is 34.4 Å². The van der Waals surface area contributed by atoms with E-state index in [1.807, 2.05) is 0 Å². The van der Waals surface area contributed by atoms with E-state index in [9.17, 15) is 0 Å². The van der Waals surface area contributed by atoms with Gasteiger partial charge in [-0.15, -0.1) is 0 Å². The largest absolute Gasteiger partial charge is 0.497 e. The normalized spacial score (nSPS) is 15.5. The number of nitrogens with zero attached hydrogens (tertiary/aromatic N) is 1. The number of hydrogen-bond acceptors (Lipinski definition) is 2. The first-order valence-electron chi connectivity index (χ1n) is 16.0. The van der Waals surface area contributed by atoms with Crippen molar-refractivity contribution in [1.82, 2.24) is 4.57 Å². The predicted octanol–water partition coefficient (Wildman–Crippen LogP) is 10.1. The SMILES string of the molecule is CC1(C)OB(c2cc(-c3ccccc3)ccc2-n2c3ccccc3c3cccc(-c4ccc(-c5ccccc5)cc4)c32)OC1(C)C. The van der Waals surface area contributed by atoms with Gasteiger partial charge in [-0.05, 0) is 67.6 Å². The Morgan fingerprint density at radius 1 is 0.478 bits per heavy atom. The second-order valence-corrected chi connectivity index (χ2v) is 13.2. The Morgan fingerprint density at radius 2 is 1.00 bits per heavy atom. The van der Waals surface area contributed by atoms with E-state index in [1.54, 1.807) is 0 Å². The van der Waals surface area contributed by atoms with E-state index in [2.05, 4.69) is 178 Å². The fourth-order valence-corrected chi connectivity index (χ4v) is 6.70. The molecule has 8 rings (SSSR count). The number of para-hydroxylation sites is 2. The lowest BCUT2D eigenvalue weighted by atomic mass is 9.76. The quantitative estimate of drug-likeness (QED) is 0.184. The van der Waals surface area contributed by atoms with Crippen LogP contribution in [-0.2, 0) is 9.31 Å². The fourth-order valence-electron chi connectivity index (χ4n) is 6.70. The summed E-state index contributed by atoms with van der Waals surface area (Å²) in [4.78, 5) is 0. The summed E-state index contributed by atoms with van der Waals surface area (Å²) in [6.07, 6.45) is 0. The van der Waals surface area contributed by atoms with E-state index in [0.29, 0.717) is 0 Å². The molecule has 0 N–H and O–H groups in total. The van der Waals surface area contributed by atoms with Crippen molar-refractivity contribution in [1.29, 1.82) is 0 Å². The van der Waals surface area contributed by atoms with Crippen LogP contribution in [0, 0.1) is 0 Å². The van der Waals surface area contributed by atoms with Gasteiger partial charge in [-0.3, -0.25) is 0 Å². The highest BCUT2D eigenvalue weighted by Gasteiger charge is 2.52. The molecule has 224 valence electrons. The Kier molecular flexibility index (Phi) is 6.75. The van der Waals surface area contributed by atoms with Gasteiger partial charge in [0.05, 0.1) is 22.2 Å². The van der Waals surface area contributed by atoms with Crippen LogP contribution in [0.5, 0.6) is 0 Å². The zero-order chi connectivity index (χ0) is 31.5. The van der Waals surface area contributed by atoms with Gasteiger partial charge in [0.2, 0.25) is 0 Å². The Bertz CT molecular complexity index is 2180. The highest BCUT2D eigenvalue weighted by Crippen LogP contribution is 2.41. The van der Waals surface area contributed by atoms with Gasteiger partial charge in [0.1, 0.15) is 0 Å². The van der Waals surface area contributed by atoms with Gasteiger partial charge in [-0.2, -0.15) is 0 Å². The molecule has 1 fully saturated rings. The molecule has 7 aromatic rings. The van der Waals surface area contributed by atoms with E-state index in [0.717, 1.165) is 27.8 Å². The maximum absolute atomic E-state index is 6.74. The molecule has 2 heterocycles. The molecule has 4 heteroatoms. The second-order valence-electron chi connectivity index (χ2n) is 13.2. The number of rotatable bonds is 5. The summed E-state index contributed by atoms with van der Waals surface area (Å²) in [6, 6.07) is 52.1. The van der Waals surface area contributed by atoms with Gasteiger partial charge in [-0.1, -0.05) is 133 Å². The summed E-state index contributed by atoms with van der Waals surface area (Å²) in [5.74, 6) is 0. The van der Waals surface area contributed by atoms with E-state index in [-0.39, 0.29) is 0 Å². The average molecular weight is 598 g/mol. The summed E-state index contributed by atoms with van der Waals surface area (Å²) in [6.45, 7) is 8.47. The third-order valence-corrected chi connectivity index (χ3v) is 9.88. The van der Waals surface area contributed by atoms with E-state index < -0.39 is 18.3 Å². The summed E-state index contributed by atoms with van der Waals surface area (Å²) in [5.41, 5.74) is 10.5. The summed E-state index contributed by atoms with van der Waals surface area (Å²) >= 11 is 0. The molecule has 0 radical (unpaired) electrons. The van der Waals surface area contributed by atoms with Crippen molar-refractivity contribution in [3.05, 3.63) is 146 Å². The van der Waals surface area contributed by atoms with Gasteiger partial charge in [0, 0.05) is 27.5 Å². The summed E-state index contributed by atoms with van der Waals surface area (Å²) in [5, 5.41) is 2.43. The van der Waals surface area contributed by atoms with Crippen LogP contribution in [0.15, 0.2) is 146 Å². The minimum absolute atomic E-state index is 0.468. The molecule has 1 aliphatic rings. The van der Waals surface area contributed by atoms with Crippen LogP contribution in [0.3, 0.4) is 0 Å². The second kappa shape index (κ2) is 10.9. The first kappa shape index (κ1) is 28.6. The van der Waals surface area contributed by atoms with E-state index >= 15 is 0 Å². The van der Waals surface area contributed by atoms with Crippen molar-refractivity contribution in [2.75, 3.05) is 0 Å². The first-order chi connectivity index (χ1) is 22.3. The Balaban J connectivity index is 1.38. The van der Waals surface area contributed by atoms with Crippen LogP contribution in [-0.4, -0.2) is 22.9 Å². The maximum atomic E-state index is 6.74. The lowest BCUT2D eigenvalue weighted by Gasteiger charge is -2.32. The standard InChI is InChI=1S/C42H36BNO2/c1-41(2)42(3,4)46-43(45-41)37-28-33(30-16-9-6-10-17-30)26-27-39(37)44-38-21-12-11-18-35(38)36-20-13-19-34(40(36)44)32-24-22-31(23-25-32)29-14-7-5-8-15-29/h5-28H,1-4H3. The molecule has 0 bridgehead atoms. The molecule has 0 amide bonds. The maximum Gasteiger partial charge on any atom is 0.497 e. The monoisotopic (exact) mass is 597 g/mol. The molecular formula is C42H36BNO2. The van der Waals surface area contributed by atoms with Crippen LogP contribution < -0.4 is 5.46 Å². The van der Waals surface area contributed by atoms with E-state index in [4.69, 9.17) is 9.31 Å². The highest BCUT2D eigenvalue weighted by molar-refractivity contribution is 6.63. The van der Waals surface area contributed by atoms with Crippen LogP contribution in [0.2, 0.25) is 0 Å². The van der Waals surface area contributed by atoms with Gasteiger partial charge in [0.25, 0.3) is 0 Å². The smallest absolute Gasteiger partial charge is 0.399 e. The van der Waals surface area contributed by atoms with Crippen LogP contribution in [0.4, 0.5) is 0 Å². The topological polar surface area (TPSA) is 23.4 Å². The zero-order valence-electron chi connectivity index (χ0n) is 26.7. The lowest BCUT2D eigenvalue weighted by Crippen LogP contribution is -2.41. The Morgan fingerprint density at radius 3 is 1.67 bits per heavy atom. The number of aromatic nitrogens is 1. The predicted molar refractivity (Wildman–Crippen MR) is 193 cm³/mol. The van der Waals surface area contributed by atoms with Crippen molar-refractivity contribution < 1.29 is 9.31 Å². The molecule has 6 aromatic carbocycles. The van der Waals surface area contributed by atoms with Gasteiger partial charge >= 0.3 is 7.12 Å². The molecule has 0 spiro atoms. The third-order valence-electron chi connectivity index (χ3n) is 9.88. The number of benzene rings is 6. The number of fused-ring (bicyclic) bond motifs is 3. The lowest BCUT2D eigenvalue weighted by molar-refractivity contribution is 0.00578. The molecular weight excluding hydrogens is 561 g/mol. The molecule has 1 aliphatic heterocycles. The first-order valence-corrected chi connectivity index (χ1v) is 16.0. The summed E-state index contributed by atoms with van der Waals surface area (Å²) < 4.78 is 15.9. The van der Waals surface area contributed by atoms with E-state index in [1.165, 1.54) is 38.5 Å². The van der Waals surface area contributed by atoms with Crippen molar-refractivity contribution in [3.8, 4) is 39.1 Å². The Hall–Kier alpha value is -4.90. The molecule has 0 aliphatic carbocycles. The van der Waals surface area contributed by atoms with Crippen LogP contribution in [0.25, 0.3) is 60.9 Å². The highest BCUT2D eigenvalue weighted by atomic mass is 16.7. The minimum Gasteiger partial charge on any atom is -0.399 e. The van der Waals surface area contributed by atoms with Crippen LogP contribution >= 0.6 is 0 Å². The van der Waals surface area contributed by atoms with Crippen LogP contribution in [0.1, 0.15) is 27.7 Å².